The maximum Gasteiger partial charge on any atom is 0.335 e. The van der Waals surface area contributed by atoms with E-state index >= 15 is 0 Å². The number of hydrogen-bond acceptors (Lipinski definition) is 3. The van der Waals surface area contributed by atoms with Crippen molar-refractivity contribution in [3.05, 3.63) is 59.0 Å². The number of nitrogens with zero attached hydrogens (tertiary/aromatic N) is 3. The standard InChI is InChI=1S/C24H29N3O2/c1-15(26-21-20(25-6)23(2,3)14-24(21,4)5)18-12-13-19(27(18)7)16-8-10-17(11-9-16)22(28)29/h8-13H,6,14H2,1-5,7H3,(H,28,29). The summed E-state index contributed by atoms with van der Waals surface area (Å²) in [7, 11) is 2.00. The Hall–Kier alpha value is -2.95. The second-order valence-electron chi connectivity index (χ2n) is 9.04. The lowest BCUT2D eigenvalue weighted by molar-refractivity contribution is 0.0697. The summed E-state index contributed by atoms with van der Waals surface area (Å²) in [6.45, 7) is 14.6. The van der Waals surface area contributed by atoms with Crippen LogP contribution >= 0.6 is 0 Å². The average Bonchev–Trinajstić information content (AvgIpc) is 3.09. The molecule has 0 bridgehead atoms. The fourth-order valence-corrected chi connectivity index (χ4v) is 4.58. The van der Waals surface area contributed by atoms with E-state index in [4.69, 9.17) is 10.1 Å². The minimum atomic E-state index is -0.922. The summed E-state index contributed by atoms with van der Waals surface area (Å²) in [5, 5.41) is 9.10. The molecule has 1 aromatic carbocycles. The summed E-state index contributed by atoms with van der Waals surface area (Å²) in [5.74, 6) is -0.922. The lowest BCUT2D eigenvalue weighted by atomic mass is 9.81. The molecular formula is C24H29N3O2. The van der Waals surface area contributed by atoms with Gasteiger partial charge in [0.15, 0.2) is 0 Å². The molecule has 1 heterocycles. The van der Waals surface area contributed by atoms with E-state index in [0.29, 0.717) is 0 Å². The molecule has 1 N–H and O–H groups in total. The molecule has 0 saturated heterocycles. The minimum Gasteiger partial charge on any atom is -0.478 e. The predicted octanol–water partition coefficient (Wildman–Crippen LogP) is 5.57. The van der Waals surface area contributed by atoms with Crippen molar-refractivity contribution in [2.75, 3.05) is 0 Å². The van der Waals surface area contributed by atoms with E-state index in [2.05, 4.69) is 44.0 Å². The highest BCUT2D eigenvalue weighted by Gasteiger charge is 2.44. The third-order valence-corrected chi connectivity index (χ3v) is 5.75. The van der Waals surface area contributed by atoms with Crippen LogP contribution in [-0.2, 0) is 7.05 Å². The Morgan fingerprint density at radius 3 is 2.17 bits per heavy atom. The number of hydrogen-bond donors (Lipinski definition) is 1. The van der Waals surface area contributed by atoms with E-state index in [1.165, 1.54) is 0 Å². The van der Waals surface area contributed by atoms with Gasteiger partial charge in [-0.05, 0) is 49.9 Å². The second-order valence-corrected chi connectivity index (χ2v) is 9.04. The largest absolute Gasteiger partial charge is 0.478 e. The average molecular weight is 392 g/mol. The first kappa shape index (κ1) is 20.8. The van der Waals surface area contributed by atoms with Crippen molar-refractivity contribution >= 4 is 18.4 Å². The molecule has 0 radical (unpaired) electrons. The van der Waals surface area contributed by atoms with Gasteiger partial charge in [-0.3, -0.25) is 9.98 Å². The van der Waals surface area contributed by atoms with Crippen molar-refractivity contribution in [2.24, 2.45) is 27.9 Å². The number of allylic oxidation sites excluding steroid dienone is 2. The van der Waals surface area contributed by atoms with Gasteiger partial charge in [0.05, 0.1) is 28.4 Å². The Balaban J connectivity index is 2.02. The molecular weight excluding hydrogens is 362 g/mol. The van der Waals surface area contributed by atoms with E-state index in [1.807, 2.05) is 38.2 Å². The predicted molar refractivity (Wildman–Crippen MR) is 119 cm³/mol. The van der Waals surface area contributed by atoms with Crippen molar-refractivity contribution in [2.45, 2.75) is 41.0 Å². The van der Waals surface area contributed by atoms with Crippen LogP contribution in [0.25, 0.3) is 11.3 Å². The SMILES string of the molecule is C=NC1=C(N=C(C)c2ccc(-c3ccc(C(=O)O)cc3)n2C)C(C)(C)CC1(C)C. The van der Waals surface area contributed by atoms with E-state index in [-0.39, 0.29) is 16.4 Å². The zero-order valence-corrected chi connectivity index (χ0v) is 18.1. The second kappa shape index (κ2) is 7.14. The Morgan fingerprint density at radius 1 is 1.03 bits per heavy atom. The van der Waals surface area contributed by atoms with E-state index in [0.717, 1.165) is 40.5 Å². The van der Waals surface area contributed by atoms with Gasteiger partial charge >= 0.3 is 5.97 Å². The molecule has 3 rings (SSSR count). The molecule has 5 heteroatoms. The Morgan fingerprint density at radius 2 is 1.62 bits per heavy atom. The highest BCUT2D eigenvalue weighted by atomic mass is 16.4. The van der Waals surface area contributed by atoms with Gasteiger partial charge in [-0.2, -0.15) is 0 Å². The summed E-state index contributed by atoms with van der Waals surface area (Å²) in [5.41, 5.74) is 6.05. The molecule has 29 heavy (non-hydrogen) atoms. The Bertz CT molecular complexity index is 1030. The van der Waals surface area contributed by atoms with Gasteiger partial charge in [0.2, 0.25) is 0 Å². The van der Waals surface area contributed by atoms with Crippen LogP contribution in [0.4, 0.5) is 0 Å². The monoisotopic (exact) mass is 391 g/mol. The van der Waals surface area contributed by atoms with E-state index in [9.17, 15) is 4.79 Å². The quantitative estimate of drug-likeness (QED) is 0.677. The van der Waals surface area contributed by atoms with Gasteiger partial charge in [0.25, 0.3) is 0 Å². The van der Waals surface area contributed by atoms with Crippen LogP contribution in [0.1, 0.15) is 57.1 Å². The Labute approximate surface area is 172 Å². The van der Waals surface area contributed by atoms with Crippen LogP contribution in [0.2, 0.25) is 0 Å². The van der Waals surface area contributed by atoms with Crippen molar-refractivity contribution in [3.8, 4) is 11.3 Å². The molecule has 1 aromatic heterocycles. The van der Waals surface area contributed by atoms with Crippen LogP contribution in [0.3, 0.4) is 0 Å². The molecule has 0 spiro atoms. The first-order chi connectivity index (χ1) is 13.5. The van der Waals surface area contributed by atoms with Crippen LogP contribution in [-0.4, -0.2) is 28.1 Å². The molecule has 0 fully saturated rings. The topological polar surface area (TPSA) is 66.9 Å². The van der Waals surface area contributed by atoms with Crippen LogP contribution in [0.5, 0.6) is 0 Å². The highest BCUT2D eigenvalue weighted by molar-refractivity contribution is 5.99. The van der Waals surface area contributed by atoms with Gasteiger partial charge in [-0.15, -0.1) is 0 Å². The lowest BCUT2D eigenvalue weighted by Gasteiger charge is -2.23. The van der Waals surface area contributed by atoms with Gasteiger partial charge in [0.1, 0.15) is 0 Å². The summed E-state index contributed by atoms with van der Waals surface area (Å²) in [6.07, 6.45) is 0.981. The summed E-state index contributed by atoms with van der Waals surface area (Å²) >= 11 is 0. The minimum absolute atomic E-state index is 0.0460. The van der Waals surface area contributed by atoms with Gasteiger partial charge in [-0.25, -0.2) is 4.79 Å². The van der Waals surface area contributed by atoms with E-state index in [1.54, 1.807) is 12.1 Å². The summed E-state index contributed by atoms with van der Waals surface area (Å²) < 4.78 is 2.09. The maximum atomic E-state index is 11.1. The molecule has 0 unspecified atom stereocenters. The van der Waals surface area contributed by atoms with Crippen molar-refractivity contribution in [1.82, 2.24) is 4.57 Å². The van der Waals surface area contributed by atoms with Crippen molar-refractivity contribution < 1.29 is 9.90 Å². The summed E-state index contributed by atoms with van der Waals surface area (Å²) in [6, 6.07) is 11.0. The van der Waals surface area contributed by atoms with Crippen LogP contribution in [0, 0.1) is 10.8 Å². The number of aromatic carboxylic acids is 1. The molecule has 0 saturated carbocycles. The number of carboxylic acids is 1. The zero-order chi connectivity index (χ0) is 21.6. The van der Waals surface area contributed by atoms with Crippen LogP contribution < -0.4 is 0 Å². The molecule has 5 nitrogen and oxygen atoms in total. The number of rotatable bonds is 5. The maximum absolute atomic E-state index is 11.1. The molecule has 1 aliphatic rings. The molecule has 0 amide bonds. The molecule has 2 aromatic rings. The van der Waals surface area contributed by atoms with Crippen LogP contribution in [0.15, 0.2) is 57.8 Å². The van der Waals surface area contributed by atoms with Crippen molar-refractivity contribution in [1.29, 1.82) is 0 Å². The van der Waals surface area contributed by atoms with Gasteiger partial charge in [-0.1, -0.05) is 39.8 Å². The highest BCUT2D eigenvalue weighted by Crippen LogP contribution is 2.53. The Kier molecular flexibility index (Phi) is 5.11. The number of benzene rings is 1. The van der Waals surface area contributed by atoms with E-state index < -0.39 is 5.97 Å². The lowest BCUT2D eigenvalue weighted by Crippen LogP contribution is -2.15. The first-order valence-electron chi connectivity index (χ1n) is 9.75. The third kappa shape index (κ3) is 3.69. The number of carboxylic acid groups (broad SMARTS) is 1. The number of aromatic nitrogens is 1. The number of carbonyl (C=O) groups is 1. The summed E-state index contributed by atoms with van der Waals surface area (Å²) in [4.78, 5) is 20.4. The molecule has 152 valence electrons. The molecule has 1 aliphatic carbocycles. The molecule has 0 atom stereocenters. The van der Waals surface area contributed by atoms with Gasteiger partial charge < -0.3 is 9.67 Å². The normalized spacial score (nSPS) is 18.2. The van der Waals surface area contributed by atoms with Crippen molar-refractivity contribution in [3.63, 3.8) is 0 Å². The van der Waals surface area contributed by atoms with Gasteiger partial charge in [0, 0.05) is 23.6 Å². The fraction of sp³-hybridized carbons (Fsp3) is 0.375. The smallest absolute Gasteiger partial charge is 0.335 e. The molecule has 0 aliphatic heterocycles. The third-order valence-electron chi connectivity index (χ3n) is 5.75. The number of aliphatic imine (C=N–C) groups is 2. The zero-order valence-electron chi connectivity index (χ0n) is 18.1. The first-order valence-corrected chi connectivity index (χ1v) is 9.75. The fourth-order valence-electron chi connectivity index (χ4n) is 4.58.